The Hall–Kier alpha value is -0.210. The first-order chi connectivity index (χ1) is 8.47. The van der Waals surface area contributed by atoms with Crippen LogP contribution in [0, 0.1) is 18.8 Å². The van der Waals surface area contributed by atoms with Gasteiger partial charge in [-0.25, -0.2) is 0 Å². The molecule has 1 aliphatic carbocycles. The summed E-state index contributed by atoms with van der Waals surface area (Å²) >= 11 is 9.81. The second kappa shape index (κ2) is 5.83. The van der Waals surface area contributed by atoms with Crippen LogP contribution in [0.25, 0.3) is 0 Å². The van der Waals surface area contributed by atoms with Gasteiger partial charge in [-0.05, 0) is 71.6 Å². The second-order valence-electron chi connectivity index (χ2n) is 5.69. The van der Waals surface area contributed by atoms with Crippen LogP contribution < -0.4 is 5.32 Å². The quantitative estimate of drug-likeness (QED) is 0.739. The van der Waals surface area contributed by atoms with Gasteiger partial charge in [0.05, 0.1) is 5.69 Å². The van der Waals surface area contributed by atoms with Gasteiger partial charge in [-0.15, -0.1) is 0 Å². The summed E-state index contributed by atoms with van der Waals surface area (Å²) < 4.78 is 1.11. The second-order valence-corrected chi connectivity index (χ2v) is 6.95. The average Bonchev–Trinajstić information content (AvgIpc) is 2.31. The molecule has 1 saturated carbocycles. The molecule has 18 heavy (non-hydrogen) atoms. The minimum absolute atomic E-state index is 0.575. The van der Waals surface area contributed by atoms with Gasteiger partial charge in [-0.1, -0.05) is 25.4 Å². The molecular formula is C15H21BrClN. The van der Waals surface area contributed by atoms with Gasteiger partial charge in [-0.3, -0.25) is 0 Å². The summed E-state index contributed by atoms with van der Waals surface area (Å²) in [6.45, 7) is 6.75. The van der Waals surface area contributed by atoms with E-state index in [0.29, 0.717) is 6.04 Å². The van der Waals surface area contributed by atoms with Crippen LogP contribution >= 0.6 is 27.5 Å². The van der Waals surface area contributed by atoms with Crippen LogP contribution in [0.1, 0.15) is 38.7 Å². The van der Waals surface area contributed by atoms with Crippen molar-refractivity contribution in [1.82, 2.24) is 0 Å². The van der Waals surface area contributed by atoms with Crippen LogP contribution in [0.3, 0.4) is 0 Å². The van der Waals surface area contributed by atoms with Gasteiger partial charge < -0.3 is 5.32 Å². The standard InChI is InChI=1S/C15H21BrClN/c1-9-4-5-12(6-10(9)2)18-15-8-14(17)11(3)7-13(15)16/h7-10,12,18H,4-6H2,1-3H3. The number of hydrogen-bond donors (Lipinski definition) is 1. The minimum atomic E-state index is 0.575. The predicted molar refractivity (Wildman–Crippen MR) is 83.5 cm³/mol. The molecule has 1 nitrogen and oxygen atoms in total. The third kappa shape index (κ3) is 3.21. The van der Waals surface area contributed by atoms with Gasteiger partial charge in [0.1, 0.15) is 0 Å². The zero-order valence-corrected chi connectivity index (χ0v) is 13.6. The summed E-state index contributed by atoms with van der Waals surface area (Å²) in [5.41, 5.74) is 2.23. The first-order valence-corrected chi connectivity index (χ1v) is 7.86. The van der Waals surface area contributed by atoms with E-state index >= 15 is 0 Å². The van der Waals surface area contributed by atoms with Gasteiger partial charge in [0, 0.05) is 15.5 Å². The Kier molecular flexibility index (Phi) is 4.60. The molecule has 2 rings (SSSR count). The number of rotatable bonds is 2. The maximum atomic E-state index is 6.19. The Morgan fingerprint density at radius 3 is 2.61 bits per heavy atom. The maximum absolute atomic E-state index is 6.19. The lowest BCUT2D eigenvalue weighted by Crippen LogP contribution is -2.30. The van der Waals surface area contributed by atoms with Crippen molar-refractivity contribution in [3.8, 4) is 0 Å². The van der Waals surface area contributed by atoms with Crippen molar-refractivity contribution in [3.63, 3.8) is 0 Å². The molecule has 0 aliphatic heterocycles. The lowest BCUT2D eigenvalue weighted by Gasteiger charge is -2.33. The Morgan fingerprint density at radius 2 is 1.94 bits per heavy atom. The van der Waals surface area contributed by atoms with Crippen molar-refractivity contribution in [2.45, 2.75) is 46.1 Å². The molecule has 3 heteroatoms. The smallest absolute Gasteiger partial charge is 0.0501 e. The molecule has 0 amide bonds. The highest BCUT2D eigenvalue weighted by atomic mass is 79.9. The molecule has 100 valence electrons. The number of halogens is 2. The van der Waals surface area contributed by atoms with E-state index in [1.54, 1.807) is 0 Å². The van der Waals surface area contributed by atoms with Gasteiger partial charge in [0.15, 0.2) is 0 Å². The lowest BCUT2D eigenvalue weighted by atomic mass is 9.79. The molecule has 1 fully saturated rings. The van der Waals surface area contributed by atoms with Crippen LogP contribution in [0.4, 0.5) is 5.69 Å². The van der Waals surface area contributed by atoms with Crippen LogP contribution in [0.15, 0.2) is 16.6 Å². The van der Waals surface area contributed by atoms with Gasteiger partial charge >= 0.3 is 0 Å². The minimum Gasteiger partial charge on any atom is -0.381 e. The Balaban J connectivity index is 2.08. The van der Waals surface area contributed by atoms with Crippen LogP contribution in [-0.2, 0) is 0 Å². The van der Waals surface area contributed by atoms with Crippen molar-refractivity contribution in [2.75, 3.05) is 5.32 Å². The zero-order valence-electron chi connectivity index (χ0n) is 11.3. The fraction of sp³-hybridized carbons (Fsp3) is 0.600. The third-order valence-electron chi connectivity index (χ3n) is 4.21. The summed E-state index contributed by atoms with van der Waals surface area (Å²) in [6.07, 6.45) is 3.82. The van der Waals surface area contributed by atoms with E-state index in [9.17, 15) is 0 Å². The summed E-state index contributed by atoms with van der Waals surface area (Å²) in [4.78, 5) is 0. The molecule has 0 spiro atoms. The average molecular weight is 331 g/mol. The normalized spacial score (nSPS) is 28.2. The molecule has 1 aromatic carbocycles. The molecule has 1 aromatic rings. The van der Waals surface area contributed by atoms with Crippen LogP contribution in [-0.4, -0.2) is 6.04 Å². The Morgan fingerprint density at radius 1 is 1.22 bits per heavy atom. The summed E-state index contributed by atoms with van der Waals surface area (Å²) in [5.74, 6) is 1.66. The van der Waals surface area contributed by atoms with E-state index in [0.717, 1.165) is 32.6 Å². The van der Waals surface area contributed by atoms with Crippen molar-refractivity contribution in [1.29, 1.82) is 0 Å². The van der Waals surface area contributed by atoms with E-state index in [-0.39, 0.29) is 0 Å². The fourth-order valence-electron chi connectivity index (χ4n) is 2.66. The maximum Gasteiger partial charge on any atom is 0.0501 e. The summed E-state index contributed by atoms with van der Waals surface area (Å²) in [6, 6.07) is 4.69. The molecule has 0 radical (unpaired) electrons. The Bertz CT molecular complexity index is 433. The number of nitrogens with one attached hydrogen (secondary N) is 1. The number of benzene rings is 1. The lowest BCUT2D eigenvalue weighted by molar-refractivity contribution is 0.261. The van der Waals surface area contributed by atoms with E-state index < -0.39 is 0 Å². The van der Waals surface area contributed by atoms with Gasteiger partial charge in [-0.2, -0.15) is 0 Å². The van der Waals surface area contributed by atoms with Gasteiger partial charge in [0.25, 0.3) is 0 Å². The van der Waals surface area contributed by atoms with E-state index in [4.69, 9.17) is 11.6 Å². The number of aryl methyl sites for hydroxylation is 1. The highest BCUT2D eigenvalue weighted by molar-refractivity contribution is 9.10. The van der Waals surface area contributed by atoms with Gasteiger partial charge in [0.2, 0.25) is 0 Å². The van der Waals surface area contributed by atoms with Crippen molar-refractivity contribution in [3.05, 3.63) is 27.2 Å². The Labute approximate surface area is 123 Å². The molecule has 3 atom stereocenters. The van der Waals surface area contributed by atoms with E-state index in [2.05, 4.69) is 41.2 Å². The number of hydrogen-bond acceptors (Lipinski definition) is 1. The molecule has 3 unspecified atom stereocenters. The highest BCUT2D eigenvalue weighted by Gasteiger charge is 2.24. The fourth-order valence-corrected chi connectivity index (χ4v) is 3.39. The first kappa shape index (κ1) is 14.2. The molecule has 0 bridgehead atoms. The molecule has 0 aromatic heterocycles. The third-order valence-corrected chi connectivity index (χ3v) is 5.27. The topological polar surface area (TPSA) is 12.0 Å². The number of anilines is 1. The van der Waals surface area contributed by atoms with E-state index in [1.807, 2.05) is 13.0 Å². The van der Waals surface area contributed by atoms with Crippen LogP contribution in [0.5, 0.6) is 0 Å². The SMILES string of the molecule is Cc1cc(Br)c(NC2CCC(C)C(C)C2)cc1Cl. The molecule has 0 heterocycles. The zero-order chi connectivity index (χ0) is 13.3. The monoisotopic (exact) mass is 329 g/mol. The largest absolute Gasteiger partial charge is 0.381 e. The summed E-state index contributed by atoms with van der Waals surface area (Å²) in [7, 11) is 0. The first-order valence-electron chi connectivity index (χ1n) is 6.69. The summed E-state index contributed by atoms with van der Waals surface area (Å²) in [5, 5.41) is 4.47. The molecular weight excluding hydrogens is 310 g/mol. The van der Waals surface area contributed by atoms with Crippen LogP contribution in [0.2, 0.25) is 5.02 Å². The molecule has 1 aliphatic rings. The van der Waals surface area contributed by atoms with Crippen molar-refractivity contribution >= 4 is 33.2 Å². The van der Waals surface area contributed by atoms with Crippen molar-refractivity contribution in [2.24, 2.45) is 11.8 Å². The van der Waals surface area contributed by atoms with E-state index in [1.165, 1.54) is 19.3 Å². The van der Waals surface area contributed by atoms with Crippen molar-refractivity contribution < 1.29 is 0 Å². The molecule has 1 N–H and O–H groups in total. The molecule has 0 saturated heterocycles. The highest BCUT2D eigenvalue weighted by Crippen LogP contribution is 2.34. The predicted octanol–water partition coefficient (Wildman–Crippen LogP) is 5.65.